The molecule has 36 heavy (non-hydrogen) atoms. The molecule has 0 atom stereocenters. The largest absolute Gasteiger partial charge is 0.489 e. The van der Waals surface area contributed by atoms with Gasteiger partial charge in [-0.25, -0.2) is 9.59 Å². The van der Waals surface area contributed by atoms with Crippen molar-refractivity contribution in [2.45, 2.75) is 32.7 Å². The van der Waals surface area contributed by atoms with E-state index in [0.29, 0.717) is 25.4 Å². The van der Waals surface area contributed by atoms with Gasteiger partial charge in [-0.2, -0.15) is 0 Å². The van der Waals surface area contributed by atoms with Crippen LogP contribution in [0.2, 0.25) is 0 Å². The van der Waals surface area contributed by atoms with E-state index < -0.39 is 17.7 Å². The van der Waals surface area contributed by atoms with Crippen molar-refractivity contribution in [3.05, 3.63) is 88.5 Å². The molecule has 1 aliphatic heterocycles. The molecule has 7 heteroatoms. The number of rotatable bonds is 8. The fraction of sp³-hybridized carbons (Fsp3) is 0.310. The predicted octanol–water partition coefficient (Wildman–Crippen LogP) is 5.42. The Morgan fingerprint density at radius 2 is 1.56 bits per heavy atom. The molecule has 0 amide bonds. The van der Waals surface area contributed by atoms with E-state index in [9.17, 15) is 9.59 Å². The Labute approximate surface area is 210 Å². The van der Waals surface area contributed by atoms with E-state index >= 15 is 0 Å². The van der Waals surface area contributed by atoms with Crippen LogP contribution in [0.5, 0.6) is 5.75 Å². The van der Waals surface area contributed by atoms with Crippen molar-refractivity contribution in [1.29, 1.82) is 0 Å². The van der Waals surface area contributed by atoms with Crippen LogP contribution < -0.4 is 4.74 Å². The third kappa shape index (κ3) is 4.85. The van der Waals surface area contributed by atoms with Gasteiger partial charge in [0.1, 0.15) is 12.4 Å². The first kappa shape index (κ1) is 25.4. The van der Waals surface area contributed by atoms with Gasteiger partial charge in [-0.1, -0.05) is 49.4 Å². The Hall–Kier alpha value is -3.68. The Morgan fingerprint density at radius 3 is 2.19 bits per heavy atom. The van der Waals surface area contributed by atoms with Crippen LogP contribution in [-0.4, -0.2) is 39.4 Å². The molecule has 1 heterocycles. The van der Waals surface area contributed by atoms with E-state index in [2.05, 4.69) is 25.1 Å². The summed E-state index contributed by atoms with van der Waals surface area (Å²) in [6.45, 7) is 5.33. The highest BCUT2D eigenvalue weighted by Gasteiger charge is 2.39. The lowest BCUT2D eigenvalue weighted by atomic mass is 9.89. The van der Waals surface area contributed by atoms with Crippen molar-refractivity contribution in [2.75, 3.05) is 27.4 Å². The molecule has 0 unspecified atom stereocenters. The zero-order valence-electron chi connectivity index (χ0n) is 21.0. The maximum Gasteiger partial charge on any atom is 0.338 e. The summed E-state index contributed by atoms with van der Waals surface area (Å²) in [5, 5.41) is 0. The first-order valence-electron chi connectivity index (χ1n) is 11.8. The molecule has 4 rings (SSSR count). The molecule has 7 nitrogen and oxygen atoms in total. The van der Waals surface area contributed by atoms with Gasteiger partial charge in [-0.3, -0.25) is 0 Å². The summed E-state index contributed by atoms with van der Waals surface area (Å²) in [6, 6.07) is 18.9. The number of benzene rings is 3. The highest BCUT2D eigenvalue weighted by Crippen LogP contribution is 2.40. The van der Waals surface area contributed by atoms with Gasteiger partial charge in [0.15, 0.2) is 5.79 Å². The van der Waals surface area contributed by atoms with Gasteiger partial charge in [0.05, 0.1) is 38.6 Å². The SMILES string of the molecule is CCC1(c2ccc(-c3ccccc3)c(C)c2COc2ccc(C(=O)OC)c(C(=O)OC)c2)OCCO1. The topological polar surface area (TPSA) is 80.3 Å². The normalized spacial score (nSPS) is 14.3. The summed E-state index contributed by atoms with van der Waals surface area (Å²) in [4.78, 5) is 24.5. The number of ether oxygens (including phenoxy) is 5. The molecule has 0 aromatic heterocycles. The van der Waals surface area contributed by atoms with E-state index in [1.165, 1.54) is 26.4 Å². The minimum Gasteiger partial charge on any atom is -0.489 e. The predicted molar refractivity (Wildman–Crippen MR) is 134 cm³/mol. The third-order valence-electron chi connectivity index (χ3n) is 6.50. The smallest absolute Gasteiger partial charge is 0.338 e. The molecule has 0 bridgehead atoms. The Kier molecular flexibility index (Phi) is 7.72. The Morgan fingerprint density at radius 1 is 0.889 bits per heavy atom. The summed E-state index contributed by atoms with van der Waals surface area (Å²) in [6.07, 6.45) is 0.643. The lowest BCUT2D eigenvalue weighted by Crippen LogP contribution is -2.28. The molecule has 3 aromatic carbocycles. The molecule has 188 valence electrons. The zero-order chi connectivity index (χ0) is 25.7. The summed E-state index contributed by atoms with van der Waals surface area (Å²) >= 11 is 0. The van der Waals surface area contributed by atoms with Crippen LogP contribution >= 0.6 is 0 Å². The van der Waals surface area contributed by atoms with Crippen LogP contribution in [0.3, 0.4) is 0 Å². The molecule has 0 spiro atoms. The van der Waals surface area contributed by atoms with Crippen LogP contribution in [-0.2, 0) is 31.3 Å². The zero-order valence-corrected chi connectivity index (χ0v) is 21.0. The monoisotopic (exact) mass is 490 g/mol. The molecule has 1 saturated heterocycles. The summed E-state index contributed by atoms with van der Waals surface area (Å²) in [7, 11) is 2.52. The van der Waals surface area contributed by atoms with Crippen LogP contribution in [0.1, 0.15) is 50.8 Å². The average molecular weight is 491 g/mol. The maximum absolute atomic E-state index is 12.3. The van der Waals surface area contributed by atoms with Gasteiger partial charge in [0.25, 0.3) is 0 Å². The van der Waals surface area contributed by atoms with Crippen LogP contribution in [0.25, 0.3) is 11.1 Å². The lowest BCUT2D eigenvalue weighted by molar-refractivity contribution is -0.168. The van der Waals surface area contributed by atoms with E-state index in [1.807, 2.05) is 31.2 Å². The van der Waals surface area contributed by atoms with Crippen LogP contribution in [0, 0.1) is 6.92 Å². The number of methoxy groups -OCH3 is 2. The molecule has 3 aromatic rings. The van der Waals surface area contributed by atoms with E-state index in [4.69, 9.17) is 23.7 Å². The Balaban J connectivity index is 1.75. The molecule has 0 radical (unpaired) electrons. The van der Waals surface area contributed by atoms with Crippen molar-refractivity contribution < 1.29 is 33.3 Å². The van der Waals surface area contributed by atoms with Gasteiger partial charge in [0, 0.05) is 17.5 Å². The quantitative estimate of drug-likeness (QED) is 0.390. The highest BCUT2D eigenvalue weighted by molar-refractivity contribution is 6.03. The van der Waals surface area contributed by atoms with E-state index in [1.54, 1.807) is 6.07 Å². The third-order valence-corrected chi connectivity index (χ3v) is 6.50. The first-order valence-corrected chi connectivity index (χ1v) is 11.8. The van der Waals surface area contributed by atoms with Crippen LogP contribution in [0.15, 0.2) is 60.7 Å². The minimum absolute atomic E-state index is 0.0734. The standard InChI is InChI=1S/C29H30O7/c1-5-29(35-15-16-36-29)26-14-13-22(20-9-7-6-8-10-20)19(2)25(26)18-34-21-11-12-23(27(30)32-3)24(17-21)28(31)33-4/h6-14,17H,5,15-16,18H2,1-4H3. The first-order chi connectivity index (χ1) is 17.4. The lowest BCUT2D eigenvalue weighted by Gasteiger charge is -2.30. The molecular formula is C29H30O7. The van der Waals surface area contributed by atoms with Gasteiger partial charge < -0.3 is 23.7 Å². The molecular weight excluding hydrogens is 460 g/mol. The summed E-state index contributed by atoms with van der Waals surface area (Å²) in [5.74, 6) is -1.71. The van der Waals surface area contributed by atoms with Gasteiger partial charge in [-0.05, 0) is 41.8 Å². The molecule has 0 saturated carbocycles. The van der Waals surface area contributed by atoms with Gasteiger partial charge >= 0.3 is 11.9 Å². The summed E-state index contributed by atoms with van der Waals surface area (Å²) < 4.78 is 28.0. The van der Waals surface area contributed by atoms with Crippen LogP contribution in [0.4, 0.5) is 0 Å². The number of carbonyl (C=O) groups excluding carboxylic acids is 2. The van der Waals surface area contributed by atoms with E-state index in [-0.39, 0.29) is 17.7 Å². The second-order valence-corrected chi connectivity index (χ2v) is 8.41. The number of hydrogen-bond donors (Lipinski definition) is 0. The number of hydrogen-bond acceptors (Lipinski definition) is 7. The molecule has 1 fully saturated rings. The van der Waals surface area contributed by atoms with E-state index in [0.717, 1.165) is 27.8 Å². The molecule has 0 N–H and O–H groups in total. The number of esters is 2. The Bertz CT molecular complexity index is 1240. The minimum atomic E-state index is -0.843. The van der Waals surface area contributed by atoms with Crippen molar-refractivity contribution >= 4 is 11.9 Å². The second-order valence-electron chi connectivity index (χ2n) is 8.41. The average Bonchev–Trinajstić information content (AvgIpc) is 3.42. The highest BCUT2D eigenvalue weighted by atomic mass is 16.7. The van der Waals surface area contributed by atoms with Crippen molar-refractivity contribution in [2.24, 2.45) is 0 Å². The van der Waals surface area contributed by atoms with Gasteiger partial charge in [0.2, 0.25) is 0 Å². The fourth-order valence-corrected chi connectivity index (χ4v) is 4.57. The van der Waals surface area contributed by atoms with Gasteiger partial charge in [-0.15, -0.1) is 0 Å². The fourth-order valence-electron chi connectivity index (χ4n) is 4.57. The van der Waals surface area contributed by atoms with Crippen molar-refractivity contribution in [3.63, 3.8) is 0 Å². The summed E-state index contributed by atoms with van der Waals surface area (Å²) in [5.41, 5.74) is 5.26. The second kappa shape index (κ2) is 10.9. The van der Waals surface area contributed by atoms with Crippen molar-refractivity contribution in [3.8, 4) is 16.9 Å². The molecule has 0 aliphatic carbocycles. The number of carbonyl (C=O) groups is 2. The maximum atomic E-state index is 12.3. The molecule has 1 aliphatic rings. The van der Waals surface area contributed by atoms with Crippen molar-refractivity contribution in [1.82, 2.24) is 0 Å².